The second-order valence-electron chi connectivity index (χ2n) is 4.52. The van der Waals surface area contributed by atoms with Crippen molar-refractivity contribution in [2.24, 2.45) is 0 Å². The third-order valence-electron chi connectivity index (χ3n) is 3.43. The molecule has 2 atom stereocenters. The molecule has 1 fully saturated rings. The van der Waals surface area contributed by atoms with E-state index in [-0.39, 0.29) is 12.1 Å². The summed E-state index contributed by atoms with van der Waals surface area (Å²) < 4.78 is 2.04. The highest BCUT2D eigenvalue weighted by Crippen LogP contribution is 2.31. The lowest BCUT2D eigenvalue weighted by Crippen LogP contribution is -2.27. The van der Waals surface area contributed by atoms with Crippen LogP contribution in [0.1, 0.15) is 31.7 Å². The number of aliphatic hydroxyl groups is 1. The second-order valence-corrected chi connectivity index (χ2v) is 4.52. The van der Waals surface area contributed by atoms with Crippen LogP contribution in [0.5, 0.6) is 0 Å². The first-order chi connectivity index (χ1) is 8.36. The molecule has 0 amide bonds. The summed E-state index contributed by atoms with van der Waals surface area (Å²) >= 11 is 0. The Labute approximate surface area is 99.5 Å². The Kier molecular flexibility index (Phi) is 2.68. The Morgan fingerprint density at radius 2 is 2.12 bits per heavy atom. The van der Waals surface area contributed by atoms with Crippen LogP contribution >= 0.6 is 0 Å². The number of hydrogen-bond donors (Lipinski definition) is 2. The van der Waals surface area contributed by atoms with E-state index in [0.29, 0.717) is 0 Å². The zero-order chi connectivity index (χ0) is 11.7. The van der Waals surface area contributed by atoms with Gasteiger partial charge in [0.2, 0.25) is 0 Å². The number of aliphatic hydroxyl groups excluding tert-OH is 1. The second kappa shape index (κ2) is 4.33. The van der Waals surface area contributed by atoms with E-state index in [4.69, 9.17) is 0 Å². The van der Waals surface area contributed by atoms with Crippen molar-refractivity contribution in [1.82, 2.24) is 19.5 Å². The molecule has 3 rings (SSSR count). The van der Waals surface area contributed by atoms with E-state index in [9.17, 15) is 5.11 Å². The first-order valence-electron chi connectivity index (χ1n) is 6.07. The van der Waals surface area contributed by atoms with Gasteiger partial charge in [-0.2, -0.15) is 0 Å². The van der Waals surface area contributed by atoms with Gasteiger partial charge in [0, 0.05) is 24.8 Å². The maximum absolute atomic E-state index is 10.1. The smallest absolute Gasteiger partial charge is 0.176 e. The number of aromatic amines is 1. The molecule has 1 saturated carbocycles. The lowest BCUT2D eigenvalue weighted by Gasteiger charge is -2.29. The minimum atomic E-state index is -0.272. The number of H-pyrrole nitrogens is 1. The largest absolute Gasteiger partial charge is 0.391 e. The molecule has 0 bridgehead atoms. The molecule has 0 aliphatic heterocycles. The number of imidazole rings is 2. The van der Waals surface area contributed by atoms with Crippen LogP contribution in [0.2, 0.25) is 0 Å². The standard InChI is InChI=1S/C12H16N4O/c17-10-4-2-1-3-9(10)16-8-7-15-12(16)11-13-5-6-14-11/h5-10,17H,1-4H2,(H,13,14)/t9-,10-/m0/s1. The summed E-state index contributed by atoms with van der Waals surface area (Å²) in [5, 5.41) is 10.1. The molecular formula is C12H16N4O. The van der Waals surface area contributed by atoms with Crippen molar-refractivity contribution in [3.8, 4) is 11.6 Å². The quantitative estimate of drug-likeness (QED) is 0.829. The third kappa shape index (κ3) is 1.86. The number of aromatic nitrogens is 4. The Morgan fingerprint density at radius 1 is 1.24 bits per heavy atom. The van der Waals surface area contributed by atoms with Crippen molar-refractivity contribution < 1.29 is 5.11 Å². The van der Waals surface area contributed by atoms with Gasteiger partial charge in [-0.05, 0) is 12.8 Å². The van der Waals surface area contributed by atoms with Gasteiger partial charge in [0.25, 0.3) is 0 Å². The van der Waals surface area contributed by atoms with Gasteiger partial charge in [-0.15, -0.1) is 0 Å². The van der Waals surface area contributed by atoms with Crippen LogP contribution in [-0.2, 0) is 0 Å². The van der Waals surface area contributed by atoms with Crippen LogP contribution in [-0.4, -0.2) is 30.7 Å². The van der Waals surface area contributed by atoms with Gasteiger partial charge in [-0.1, -0.05) is 12.8 Å². The Bertz CT molecular complexity index is 476. The molecule has 17 heavy (non-hydrogen) atoms. The molecule has 0 spiro atoms. The maximum Gasteiger partial charge on any atom is 0.176 e. The SMILES string of the molecule is O[C@H]1CCCC[C@@H]1n1ccnc1-c1ncc[nH]1. The minimum absolute atomic E-state index is 0.131. The Balaban J connectivity index is 1.95. The van der Waals surface area contributed by atoms with Crippen molar-refractivity contribution in [1.29, 1.82) is 0 Å². The molecule has 0 saturated heterocycles. The van der Waals surface area contributed by atoms with Gasteiger partial charge in [-0.3, -0.25) is 0 Å². The van der Waals surface area contributed by atoms with Crippen molar-refractivity contribution >= 4 is 0 Å². The fourth-order valence-electron chi connectivity index (χ4n) is 2.57. The van der Waals surface area contributed by atoms with E-state index in [1.54, 1.807) is 18.6 Å². The van der Waals surface area contributed by atoms with Crippen molar-refractivity contribution in [3.63, 3.8) is 0 Å². The lowest BCUT2D eigenvalue weighted by atomic mass is 9.92. The first kappa shape index (κ1) is 10.5. The molecule has 0 unspecified atom stereocenters. The summed E-state index contributed by atoms with van der Waals surface area (Å²) in [5.74, 6) is 1.56. The van der Waals surface area contributed by atoms with Gasteiger partial charge in [0.15, 0.2) is 11.6 Å². The fourth-order valence-corrected chi connectivity index (χ4v) is 2.57. The highest BCUT2D eigenvalue weighted by atomic mass is 16.3. The topological polar surface area (TPSA) is 66.7 Å². The summed E-state index contributed by atoms with van der Waals surface area (Å²) in [7, 11) is 0. The summed E-state index contributed by atoms with van der Waals surface area (Å²) in [6.45, 7) is 0. The van der Waals surface area contributed by atoms with Crippen LogP contribution in [0.25, 0.3) is 11.6 Å². The highest BCUT2D eigenvalue weighted by molar-refractivity contribution is 5.43. The third-order valence-corrected chi connectivity index (χ3v) is 3.43. The van der Waals surface area contributed by atoms with Crippen molar-refractivity contribution in [2.75, 3.05) is 0 Å². The lowest BCUT2D eigenvalue weighted by molar-refractivity contribution is 0.0761. The van der Waals surface area contributed by atoms with E-state index in [1.165, 1.54) is 0 Å². The molecule has 1 aliphatic rings. The predicted molar refractivity (Wildman–Crippen MR) is 63.3 cm³/mol. The first-order valence-corrected chi connectivity index (χ1v) is 6.07. The van der Waals surface area contributed by atoms with Crippen LogP contribution in [0.15, 0.2) is 24.8 Å². The van der Waals surface area contributed by atoms with Crippen LogP contribution in [0, 0.1) is 0 Å². The van der Waals surface area contributed by atoms with Gasteiger partial charge in [-0.25, -0.2) is 9.97 Å². The van der Waals surface area contributed by atoms with Crippen LogP contribution in [0.3, 0.4) is 0 Å². The average molecular weight is 232 g/mol. The van der Waals surface area contributed by atoms with Crippen molar-refractivity contribution in [2.45, 2.75) is 37.8 Å². The molecule has 2 N–H and O–H groups in total. The summed E-state index contributed by atoms with van der Waals surface area (Å²) in [4.78, 5) is 11.6. The van der Waals surface area contributed by atoms with Crippen LogP contribution in [0.4, 0.5) is 0 Å². The predicted octanol–water partition coefficient (Wildman–Crippen LogP) is 1.75. The molecule has 2 heterocycles. The molecule has 2 aromatic rings. The summed E-state index contributed by atoms with van der Waals surface area (Å²) in [6.07, 6.45) is 11.1. The van der Waals surface area contributed by atoms with E-state index in [1.807, 2.05) is 10.8 Å². The molecule has 5 nitrogen and oxygen atoms in total. The normalized spacial score (nSPS) is 25.0. The zero-order valence-electron chi connectivity index (χ0n) is 9.58. The number of rotatable bonds is 2. The summed E-state index contributed by atoms with van der Waals surface area (Å²) in [5.41, 5.74) is 0. The van der Waals surface area contributed by atoms with E-state index < -0.39 is 0 Å². The number of nitrogens with one attached hydrogen (secondary N) is 1. The van der Waals surface area contributed by atoms with Crippen molar-refractivity contribution in [3.05, 3.63) is 24.8 Å². The van der Waals surface area contributed by atoms with Gasteiger partial charge < -0.3 is 14.7 Å². The van der Waals surface area contributed by atoms with Crippen LogP contribution < -0.4 is 0 Å². The number of hydrogen-bond acceptors (Lipinski definition) is 3. The monoisotopic (exact) mass is 232 g/mol. The minimum Gasteiger partial charge on any atom is -0.391 e. The average Bonchev–Trinajstić information content (AvgIpc) is 3.00. The van der Waals surface area contributed by atoms with E-state index >= 15 is 0 Å². The molecule has 5 heteroatoms. The fraction of sp³-hybridized carbons (Fsp3) is 0.500. The van der Waals surface area contributed by atoms with E-state index in [2.05, 4.69) is 15.0 Å². The maximum atomic E-state index is 10.1. The Morgan fingerprint density at radius 3 is 2.88 bits per heavy atom. The van der Waals surface area contributed by atoms with Gasteiger partial charge >= 0.3 is 0 Å². The highest BCUT2D eigenvalue weighted by Gasteiger charge is 2.26. The molecular weight excluding hydrogens is 216 g/mol. The molecule has 0 aromatic carbocycles. The van der Waals surface area contributed by atoms with Gasteiger partial charge in [0.05, 0.1) is 12.1 Å². The zero-order valence-corrected chi connectivity index (χ0v) is 9.58. The Hall–Kier alpha value is -1.62. The van der Waals surface area contributed by atoms with Gasteiger partial charge in [0.1, 0.15) is 0 Å². The molecule has 1 aliphatic carbocycles. The molecule has 2 aromatic heterocycles. The van der Waals surface area contributed by atoms with E-state index in [0.717, 1.165) is 37.3 Å². The molecule has 90 valence electrons. The number of nitrogens with zero attached hydrogens (tertiary/aromatic N) is 3. The molecule has 0 radical (unpaired) electrons. The summed E-state index contributed by atoms with van der Waals surface area (Å²) in [6, 6.07) is 0.131.